The number of piperazine rings is 1. The highest BCUT2D eigenvalue weighted by Gasteiger charge is 2.43. The first-order valence-electron chi connectivity index (χ1n) is 7.83. The largest absolute Gasteiger partial charge is 0.362 e. The lowest BCUT2D eigenvalue weighted by molar-refractivity contribution is -0.171. The van der Waals surface area contributed by atoms with E-state index >= 15 is 0 Å². The Bertz CT molecular complexity index is 571. The van der Waals surface area contributed by atoms with Crippen molar-refractivity contribution in [3.05, 3.63) is 11.6 Å². The van der Waals surface area contributed by atoms with Gasteiger partial charge in [0.1, 0.15) is 0 Å². The van der Waals surface area contributed by atoms with E-state index in [0.29, 0.717) is 32.8 Å². The van der Waals surface area contributed by atoms with Crippen molar-refractivity contribution in [1.82, 2.24) is 14.8 Å². The van der Waals surface area contributed by atoms with Gasteiger partial charge in [-0.25, -0.2) is 4.98 Å². The lowest BCUT2D eigenvalue weighted by atomic mass is 10.0. The average Bonchev–Trinajstić information content (AvgIpc) is 3.09. The maximum absolute atomic E-state index is 12.9. The number of morpholine rings is 1. The molecule has 0 spiro atoms. The average molecular weight is 338 g/mol. The van der Waals surface area contributed by atoms with E-state index < -0.39 is 5.60 Å². The summed E-state index contributed by atoms with van der Waals surface area (Å²) in [6, 6.07) is 0. The number of nitrogens with zero attached hydrogens (tertiary/aromatic N) is 4. The third-order valence-corrected chi connectivity index (χ3v) is 5.26. The van der Waals surface area contributed by atoms with Gasteiger partial charge < -0.3 is 19.4 Å². The van der Waals surface area contributed by atoms with Crippen LogP contribution < -0.4 is 4.90 Å². The van der Waals surface area contributed by atoms with Gasteiger partial charge in [-0.15, -0.1) is 11.3 Å². The highest BCUT2D eigenvalue weighted by molar-refractivity contribution is 7.13. The van der Waals surface area contributed by atoms with Crippen LogP contribution in [0.4, 0.5) is 5.13 Å². The minimum atomic E-state index is -0.937. The predicted molar refractivity (Wildman–Crippen MR) is 87.5 cm³/mol. The maximum atomic E-state index is 12.9. The van der Waals surface area contributed by atoms with Gasteiger partial charge in [0, 0.05) is 51.2 Å². The van der Waals surface area contributed by atoms with Crippen LogP contribution >= 0.6 is 11.3 Å². The van der Waals surface area contributed by atoms with Gasteiger partial charge in [0.25, 0.3) is 5.91 Å². The van der Waals surface area contributed by atoms with Gasteiger partial charge >= 0.3 is 0 Å². The molecule has 0 aromatic carbocycles. The summed E-state index contributed by atoms with van der Waals surface area (Å²) in [6.45, 7) is 7.44. The van der Waals surface area contributed by atoms with Gasteiger partial charge in [-0.2, -0.15) is 0 Å². The summed E-state index contributed by atoms with van der Waals surface area (Å²) in [7, 11) is 0. The highest BCUT2D eigenvalue weighted by atomic mass is 32.1. The molecule has 1 atom stereocenters. The number of hydrogen-bond donors (Lipinski definition) is 0. The Morgan fingerprint density at radius 2 is 1.96 bits per heavy atom. The number of ether oxygens (including phenoxy) is 1. The standard InChI is InChI=1S/C15H22N4O3S/c1-12(20)19-8-9-22-15(2,11-19)13(21)17-4-6-18(7-5-17)14-16-3-10-23-14/h3,10H,4-9,11H2,1-2H3/t15-/m1/s1. The monoisotopic (exact) mass is 338 g/mol. The van der Waals surface area contributed by atoms with Gasteiger partial charge in [-0.1, -0.05) is 0 Å². The first kappa shape index (κ1) is 16.2. The second-order valence-corrected chi connectivity index (χ2v) is 6.99. The molecule has 0 N–H and O–H groups in total. The minimum Gasteiger partial charge on any atom is -0.362 e. The normalized spacial score (nSPS) is 25.6. The molecule has 126 valence electrons. The van der Waals surface area contributed by atoms with Gasteiger partial charge in [0.15, 0.2) is 10.7 Å². The molecule has 3 rings (SSSR count). The summed E-state index contributed by atoms with van der Waals surface area (Å²) < 4.78 is 5.75. The lowest BCUT2D eigenvalue weighted by Crippen LogP contribution is -2.62. The SMILES string of the molecule is CC(=O)N1CCO[C@@](C)(C(=O)N2CCN(c3nccs3)CC2)C1. The molecule has 0 bridgehead atoms. The van der Waals surface area contributed by atoms with Crippen molar-refractivity contribution >= 4 is 28.3 Å². The number of amides is 2. The van der Waals surface area contributed by atoms with Crippen molar-refractivity contribution in [1.29, 1.82) is 0 Å². The number of thiazole rings is 1. The number of carbonyl (C=O) groups excluding carboxylic acids is 2. The van der Waals surface area contributed by atoms with Crippen LogP contribution in [-0.4, -0.2) is 78.1 Å². The Labute approximate surface area is 139 Å². The Kier molecular flexibility index (Phi) is 4.54. The van der Waals surface area contributed by atoms with Gasteiger partial charge in [0.05, 0.1) is 13.2 Å². The smallest absolute Gasteiger partial charge is 0.256 e. The van der Waals surface area contributed by atoms with E-state index in [1.54, 1.807) is 29.4 Å². The number of carbonyl (C=O) groups is 2. The van der Waals surface area contributed by atoms with Crippen molar-refractivity contribution in [2.45, 2.75) is 19.4 Å². The van der Waals surface area contributed by atoms with E-state index in [1.807, 2.05) is 10.3 Å². The van der Waals surface area contributed by atoms with Gasteiger partial charge in [-0.3, -0.25) is 9.59 Å². The van der Waals surface area contributed by atoms with Crippen molar-refractivity contribution in [3.63, 3.8) is 0 Å². The van der Waals surface area contributed by atoms with Crippen LogP contribution in [-0.2, 0) is 14.3 Å². The minimum absolute atomic E-state index is 0.0130. The van der Waals surface area contributed by atoms with E-state index in [9.17, 15) is 9.59 Å². The maximum Gasteiger partial charge on any atom is 0.256 e. The molecule has 0 radical (unpaired) electrons. The molecule has 0 aliphatic carbocycles. The van der Waals surface area contributed by atoms with Crippen LogP contribution in [0.15, 0.2) is 11.6 Å². The molecular formula is C15H22N4O3S. The molecule has 2 fully saturated rings. The zero-order valence-corrected chi connectivity index (χ0v) is 14.3. The van der Waals surface area contributed by atoms with Crippen molar-refractivity contribution in [3.8, 4) is 0 Å². The summed E-state index contributed by atoms with van der Waals surface area (Å²) >= 11 is 1.61. The summed E-state index contributed by atoms with van der Waals surface area (Å²) in [4.78, 5) is 34.5. The van der Waals surface area contributed by atoms with Crippen molar-refractivity contribution in [2.24, 2.45) is 0 Å². The lowest BCUT2D eigenvalue weighted by Gasteiger charge is -2.43. The summed E-state index contributed by atoms with van der Waals surface area (Å²) in [6.07, 6.45) is 1.80. The molecule has 2 aliphatic rings. The molecule has 23 heavy (non-hydrogen) atoms. The second-order valence-electron chi connectivity index (χ2n) is 6.11. The molecule has 1 aromatic heterocycles. The molecule has 3 heterocycles. The van der Waals surface area contributed by atoms with E-state index in [2.05, 4.69) is 9.88 Å². The Morgan fingerprint density at radius 3 is 2.57 bits per heavy atom. The predicted octanol–water partition coefficient (Wildman–Crippen LogP) is 0.429. The van der Waals surface area contributed by atoms with Gasteiger partial charge in [-0.05, 0) is 6.92 Å². The number of anilines is 1. The fourth-order valence-corrected chi connectivity index (χ4v) is 3.77. The van der Waals surface area contributed by atoms with E-state index in [1.165, 1.54) is 6.92 Å². The van der Waals surface area contributed by atoms with Crippen LogP contribution in [0.25, 0.3) is 0 Å². The molecule has 0 unspecified atom stereocenters. The zero-order valence-electron chi connectivity index (χ0n) is 13.5. The number of aromatic nitrogens is 1. The van der Waals surface area contributed by atoms with Crippen LogP contribution in [0.2, 0.25) is 0 Å². The molecule has 8 heteroatoms. The number of rotatable bonds is 2. The first-order chi connectivity index (χ1) is 11.0. The Hall–Kier alpha value is -1.67. The van der Waals surface area contributed by atoms with E-state index in [-0.39, 0.29) is 11.8 Å². The Balaban J connectivity index is 1.61. The molecule has 2 aliphatic heterocycles. The van der Waals surface area contributed by atoms with Crippen LogP contribution in [0.3, 0.4) is 0 Å². The fourth-order valence-electron chi connectivity index (χ4n) is 3.08. The molecule has 7 nitrogen and oxygen atoms in total. The summed E-state index contributed by atoms with van der Waals surface area (Å²) in [5.74, 6) is -0.0387. The molecule has 1 aromatic rings. The van der Waals surface area contributed by atoms with Crippen LogP contribution in [0.1, 0.15) is 13.8 Å². The van der Waals surface area contributed by atoms with Crippen molar-refractivity contribution < 1.29 is 14.3 Å². The molecule has 0 saturated carbocycles. The molecule has 2 saturated heterocycles. The second kappa shape index (κ2) is 6.45. The topological polar surface area (TPSA) is 66.0 Å². The number of hydrogen-bond acceptors (Lipinski definition) is 6. The summed E-state index contributed by atoms with van der Waals surface area (Å²) in [5, 5.41) is 2.96. The quantitative estimate of drug-likeness (QED) is 0.782. The summed E-state index contributed by atoms with van der Waals surface area (Å²) in [5.41, 5.74) is -0.937. The van der Waals surface area contributed by atoms with Crippen LogP contribution in [0.5, 0.6) is 0 Å². The van der Waals surface area contributed by atoms with E-state index in [0.717, 1.165) is 18.2 Å². The highest BCUT2D eigenvalue weighted by Crippen LogP contribution is 2.23. The van der Waals surface area contributed by atoms with Crippen LogP contribution in [0, 0.1) is 0 Å². The van der Waals surface area contributed by atoms with E-state index in [4.69, 9.17) is 4.74 Å². The Morgan fingerprint density at radius 1 is 1.22 bits per heavy atom. The fraction of sp³-hybridized carbons (Fsp3) is 0.667. The first-order valence-corrected chi connectivity index (χ1v) is 8.71. The van der Waals surface area contributed by atoms with Crippen molar-refractivity contribution in [2.75, 3.05) is 50.8 Å². The zero-order chi connectivity index (χ0) is 16.4. The third kappa shape index (κ3) is 3.32. The van der Waals surface area contributed by atoms with Gasteiger partial charge in [0.2, 0.25) is 5.91 Å². The third-order valence-electron chi connectivity index (χ3n) is 4.43. The molecular weight excluding hydrogens is 316 g/mol. The molecule has 2 amide bonds.